The lowest BCUT2D eigenvalue weighted by Crippen LogP contribution is -2.16. The maximum absolute atomic E-state index is 3.78. The molecular formula is C10H17BrSi. The van der Waals surface area contributed by atoms with Crippen molar-refractivity contribution in [1.82, 2.24) is 0 Å². The smallest absolute Gasteiger partial charge is 0.129 e. The molecular weight excluding hydrogens is 228 g/mol. The molecule has 0 bridgehead atoms. The first-order valence-corrected chi connectivity index (χ1v) is 8.54. The molecule has 0 radical (unpaired) electrons. The molecule has 0 unspecified atom stereocenters. The molecule has 68 valence electrons. The van der Waals surface area contributed by atoms with Gasteiger partial charge in [0.15, 0.2) is 0 Å². The predicted octanol–water partition coefficient (Wildman–Crippen LogP) is 3.95. The van der Waals surface area contributed by atoms with Crippen LogP contribution < -0.4 is 0 Å². The van der Waals surface area contributed by atoms with Gasteiger partial charge in [-0.2, -0.15) is 0 Å². The van der Waals surface area contributed by atoms with Gasteiger partial charge in [0.05, 0.1) is 0 Å². The Morgan fingerprint density at radius 1 is 1.42 bits per heavy atom. The van der Waals surface area contributed by atoms with Gasteiger partial charge in [-0.05, 0) is 17.3 Å². The van der Waals surface area contributed by atoms with Crippen LogP contribution in [0.2, 0.25) is 19.6 Å². The normalized spacial score (nSPS) is 10.3. The van der Waals surface area contributed by atoms with E-state index in [0.717, 1.165) is 23.7 Å². The average molecular weight is 245 g/mol. The Labute approximate surface area is 85.6 Å². The van der Waals surface area contributed by atoms with E-state index in [1.807, 2.05) is 0 Å². The van der Waals surface area contributed by atoms with E-state index in [-0.39, 0.29) is 0 Å². The van der Waals surface area contributed by atoms with Gasteiger partial charge >= 0.3 is 0 Å². The van der Waals surface area contributed by atoms with Crippen LogP contribution in [0.1, 0.15) is 19.3 Å². The average Bonchev–Trinajstić information content (AvgIpc) is 1.83. The van der Waals surface area contributed by atoms with Crippen molar-refractivity contribution >= 4 is 24.0 Å². The summed E-state index contributed by atoms with van der Waals surface area (Å²) in [4.78, 5) is 0. The molecule has 0 aliphatic carbocycles. The zero-order valence-corrected chi connectivity index (χ0v) is 10.8. The van der Waals surface area contributed by atoms with Gasteiger partial charge < -0.3 is 0 Å². The molecule has 0 heterocycles. The van der Waals surface area contributed by atoms with Crippen molar-refractivity contribution in [2.24, 2.45) is 0 Å². The minimum atomic E-state index is -1.13. The third kappa shape index (κ3) is 10.00. The monoisotopic (exact) mass is 244 g/mol. The van der Waals surface area contributed by atoms with E-state index >= 15 is 0 Å². The molecule has 0 amide bonds. The summed E-state index contributed by atoms with van der Waals surface area (Å²) >= 11 is 3.33. The van der Waals surface area contributed by atoms with Crippen LogP contribution in [0.15, 0.2) is 11.1 Å². The van der Waals surface area contributed by atoms with Gasteiger partial charge in [0.2, 0.25) is 0 Å². The van der Waals surface area contributed by atoms with Crippen LogP contribution in [-0.4, -0.2) is 8.07 Å². The maximum atomic E-state index is 3.78. The summed E-state index contributed by atoms with van der Waals surface area (Å²) in [6, 6.07) is 0. The molecule has 0 fully saturated rings. The van der Waals surface area contributed by atoms with Gasteiger partial charge in [0.25, 0.3) is 0 Å². The fourth-order valence-electron chi connectivity index (χ4n) is 0.696. The fraction of sp³-hybridized carbons (Fsp3) is 0.600. The summed E-state index contributed by atoms with van der Waals surface area (Å²) < 4.78 is 1.08. The molecule has 0 aliphatic heterocycles. The summed E-state index contributed by atoms with van der Waals surface area (Å²) in [5.41, 5.74) is 3.34. The van der Waals surface area contributed by atoms with Crippen LogP contribution in [0.4, 0.5) is 0 Å². The first-order valence-electron chi connectivity index (χ1n) is 4.25. The van der Waals surface area contributed by atoms with Crippen LogP contribution in [0.5, 0.6) is 0 Å². The minimum absolute atomic E-state index is 1.01. The van der Waals surface area contributed by atoms with E-state index < -0.39 is 8.07 Å². The fourth-order valence-corrected chi connectivity index (χ4v) is 1.63. The molecule has 0 nitrogen and oxygen atoms in total. The van der Waals surface area contributed by atoms with Crippen molar-refractivity contribution in [3.63, 3.8) is 0 Å². The van der Waals surface area contributed by atoms with Crippen molar-refractivity contribution < 1.29 is 0 Å². The van der Waals surface area contributed by atoms with Crippen molar-refractivity contribution in [3.05, 3.63) is 11.1 Å². The molecule has 2 heteroatoms. The Hall–Kier alpha value is -0.00312. The second-order valence-corrected chi connectivity index (χ2v) is 9.79. The Morgan fingerprint density at radius 2 is 2.00 bits per heavy atom. The van der Waals surface area contributed by atoms with Crippen molar-refractivity contribution in [1.29, 1.82) is 0 Å². The first-order chi connectivity index (χ1) is 5.42. The molecule has 0 spiro atoms. The molecule has 0 rings (SSSR count). The van der Waals surface area contributed by atoms with Gasteiger partial charge in [0.1, 0.15) is 8.07 Å². The Balaban J connectivity index is 3.53. The van der Waals surface area contributed by atoms with Gasteiger partial charge in [-0.15, -0.1) is 11.5 Å². The highest BCUT2D eigenvalue weighted by Crippen LogP contribution is 2.10. The summed E-state index contributed by atoms with van der Waals surface area (Å²) in [5, 5.41) is 0. The highest BCUT2D eigenvalue weighted by atomic mass is 79.9. The zero-order chi connectivity index (χ0) is 9.61. The third-order valence-corrected chi connectivity index (χ3v) is 2.54. The molecule has 0 saturated carbocycles. The van der Waals surface area contributed by atoms with Crippen LogP contribution in [0, 0.1) is 11.5 Å². The number of unbranched alkanes of at least 4 members (excludes halogenated alkanes) is 1. The second-order valence-electron chi connectivity index (χ2n) is 3.92. The molecule has 12 heavy (non-hydrogen) atoms. The van der Waals surface area contributed by atoms with Crippen LogP contribution in [0.3, 0.4) is 0 Å². The van der Waals surface area contributed by atoms with E-state index in [0.29, 0.717) is 0 Å². The number of hydrogen-bond acceptors (Lipinski definition) is 0. The molecule has 0 aromatic heterocycles. The summed E-state index contributed by atoms with van der Waals surface area (Å²) in [5.74, 6) is 3.23. The lowest BCUT2D eigenvalue weighted by Gasteiger charge is -2.03. The van der Waals surface area contributed by atoms with Gasteiger partial charge in [-0.3, -0.25) is 0 Å². The topological polar surface area (TPSA) is 0 Å². The number of hydrogen-bond donors (Lipinski definition) is 0. The lowest BCUT2D eigenvalue weighted by atomic mass is 10.2. The van der Waals surface area contributed by atoms with Gasteiger partial charge in [-0.1, -0.05) is 42.1 Å². The van der Waals surface area contributed by atoms with E-state index in [9.17, 15) is 0 Å². The van der Waals surface area contributed by atoms with Crippen molar-refractivity contribution in [2.45, 2.75) is 38.9 Å². The van der Waals surface area contributed by atoms with Crippen LogP contribution in [-0.2, 0) is 0 Å². The lowest BCUT2D eigenvalue weighted by molar-refractivity contribution is 0.881. The SMILES string of the molecule is C=C(Br)CCCC#C[Si](C)(C)C. The zero-order valence-electron chi connectivity index (χ0n) is 8.21. The summed E-state index contributed by atoms with van der Waals surface area (Å²) in [6.45, 7) is 10.6. The van der Waals surface area contributed by atoms with Crippen molar-refractivity contribution in [2.75, 3.05) is 0 Å². The molecule has 0 aromatic rings. The number of halogens is 1. The predicted molar refractivity (Wildman–Crippen MR) is 63.0 cm³/mol. The molecule has 0 aromatic carbocycles. The van der Waals surface area contributed by atoms with E-state index in [1.165, 1.54) is 0 Å². The molecule has 0 saturated heterocycles. The summed E-state index contributed by atoms with van der Waals surface area (Å²) in [7, 11) is -1.13. The van der Waals surface area contributed by atoms with E-state index in [4.69, 9.17) is 0 Å². The minimum Gasteiger partial charge on any atom is -0.132 e. The number of allylic oxidation sites excluding steroid dienone is 1. The van der Waals surface area contributed by atoms with E-state index in [2.05, 4.69) is 53.6 Å². The summed E-state index contributed by atoms with van der Waals surface area (Å²) in [6.07, 6.45) is 3.18. The second kappa shape index (κ2) is 5.61. The molecule has 0 N–H and O–H groups in total. The van der Waals surface area contributed by atoms with Gasteiger partial charge in [-0.25, -0.2) is 0 Å². The van der Waals surface area contributed by atoms with Crippen molar-refractivity contribution in [3.8, 4) is 11.5 Å². The Morgan fingerprint density at radius 3 is 2.42 bits per heavy atom. The maximum Gasteiger partial charge on any atom is 0.129 e. The Kier molecular flexibility index (Phi) is 5.61. The van der Waals surface area contributed by atoms with Gasteiger partial charge in [0, 0.05) is 6.42 Å². The largest absolute Gasteiger partial charge is 0.132 e. The highest BCUT2D eigenvalue weighted by Gasteiger charge is 2.06. The standard InChI is InChI=1S/C10H17BrSi/c1-10(11)8-6-5-7-9-12(2,3)4/h1,5-6,8H2,2-4H3. The molecule has 0 atom stereocenters. The third-order valence-electron chi connectivity index (χ3n) is 1.21. The number of rotatable bonds is 3. The Bertz CT molecular complexity index is 202. The quantitative estimate of drug-likeness (QED) is 0.401. The van der Waals surface area contributed by atoms with E-state index in [1.54, 1.807) is 0 Å². The van der Waals surface area contributed by atoms with Crippen LogP contribution in [0.25, 0.3) is 0 Å². The molecule has 0 aliphatic rings. The highest BCUT2D eigenvalue weighted by molar-refractivity contribution is 9.11. The van der Waals surface area contributed by atoms with Crippen LogP contribution >= 0.6 is 15.9 Å². The first kappa shape index (κ1) is 12.0.